The van der Waals surface area contributed by atoms with E-state index < -0.39 is 6.10 Å². The molecule has 1 aliphatic heterocycles. The molecule has 1 aromatic carbocycles. The van der Waals surface area contributed by atoms with E-state index in [9.17, 15) is 5.11 Å². The van der Waals surface area contributed by atoms with Gasteiger partial charge in [0.25, 0.3) is 0 Å². The molecule has 1 atom stereocenters. The molecule has 1 N–H and O–H groups in total. The number of aliphatic hydroxyl groups excluding tert-OH is 1. The summed E-state index contributed by atoms with van der Waals surface area (Å²) in [4.78, 5) is 4.43. The first-order chi connectivity index (χ1) is 14.4. The Kier molecular flexibility index (Phi) is 8.09. The highest BCUT2D eigenvalue weighted by Crippen LogP contribution is 2.29. The van der Waals surface area contributed by atoms with Gasteiger partial charge in [-0.2, -0.15) is 5.10 Å². The average Bonchev–Trinajstić information content (AvgIpc) is 3.04. The summed E-state index contributed by atoms with van der Waals surface area (Å²) in [5.41, 5.74) is 3.42. The van der Waals surface area contributed by atoms with Gasteiger partial charge >= 0.3 is 0 Å². The van der Waals surface area contributed by atoms with E-state index >= 15 is 0 Å². The van der Waals surface area contributed by atoms with E-state index in [1.54, 1.807) is 7.11 Å². The fourth-order valence-corrected chi connectivity index (χ4v) is 3.71. The van der Waals surface area contributed by atoms with E-state index in [0.29, 0.717) is 18.0 Å². The summed E-state index contributed by atoms with van der Waals surface area (Å²) in [6.45, 7) is 7.59. The van der Waals surface area contributed by atoms with Crippen LogP contribution in [0.15, 0.2) is 24.4 Å². The highest BCUT2D eigenvalue weighted by Gasteiger charge is 2.16. The quantitative estimate of drug-likeness (QED) is 0.626. The average molecular weight is 419 g/mol. The van der Waals surface area contributed by atoms with Crippen molar-refractivity contribution in [1.29, 1.82) is 0 Å². The highest BCUT2D eigenvalue weighted by molar-refractivity contribution is 5.43. The van der Waals surface area contributed by atoms with Crippen LogP contribution in [0.25, 0.3) is 0 Å². The van der Waals surface area contributed by atoms with Gasteiger partial charge in [-0.05, 0) is 31.7 Å². The van der Waals surface area contributed by atoms with Crippen LogP contribution in [0.1, 0.15) is 16.8 Å². The van der Waals surface area contributed by atoms with E-state index in [2.05, 4.69) is 28.1 Å². The Labute approximate surface area is 178 Å². The molecule has 0 saturated carbocycles. The van der Waals surface area contributed by atoms with Gasteiger partial charge in [0.05, 0.1) is 26.0 Å². The van der Waals surface area contributed by atoms with Crippen molar-refractivity contribution in [3.05, 3.63) is 41.2 Å². The maximum absolute atomic E-state index is 10.3. The smallest absolute Gasteiger partial charge is 0.161 e. The molecule has 1 fully saturated rings. The number of rotatable bonds is 10. The largest absolute Gasteiger partial charge is 0.493 e. The molecule has 3 rings (SSSR count). The van der Waals surface area contributed by atoms with Gasteiger partial charge in [-0.15, -0.1) is 0 Å². The second-order valence-corrected chi connectivity index (χ2v) is 7.95. The maximum Gasteiger partial charge on any atom is 0.161 e. The van der Waals surface area contributed by atoms with Gasteiger partial charge in [-0.3, -0.25) is 14.5 Å². The minimum atomic E-state index is -0.554. The molecular weight excluding hydrogens is 384 g/mol. The second kappa shape index (κ2) is 10.8. The highest BCUT2D eigenvalue weighted by atomic mass is 16.5. The Morgan fingerprint density at radius 2 is 2.00 bits per heavy atom. The number of aryl methyl sites for hydroxylation is 2. The van der Waals surface area contributed by atoms with E-state index in [4.69, 9.17) is 14.2 Å². The first-order valence-corrected chi connectivity index (χ1v) is 10.4. The summed E-state index contributed by atoms with van der Waals surface area (Å²) in [6, 6.07) is 5.95. The number of nitrogens with zero attached hydrogens (tertiary/aromatic N) is 4. The normalized spacial score (nSPS) is 16.1. The van der Waals surface area contributed by atoms with Crippen LogP contribution in [0.4, 0.5) is 0 Å². The molecule has 2 heterocycles. The van der Waals surface area contributed by atoms with Gasteiger partial charge < -0.3 is 19.3 Å². The molecular formula is C22H34N4O4. The first-order valence-electron chi connectivity index (χ1n) is 10.4. The van der Waals surface area contributed by atoms with Gasteiger partial charge in [0.15, 0.2) is 11.5 Å². The van der Waals surface area contributed by atoms with Crippen molar-refractivity contribution in [2.24, 2.45) is 7.05 Å². The van der Waals surface area contributed by atoms with Crippen LogP contribution in [0.5, 0.6) is 11.5 Å². The SMILES string of the molecule is COc1cc(CN(C)Cc2cn(C)nc2C)ccc1OC[C@@H](O)CN1CCOCC1. The Morgan fingerprint density at radius 3 is 2.67 bits per heavy atom. The van der Waals surface area contributed by atoms with Crippen molar-refractivity contribution in [3.63, 3.8) is 0 Å². The molecule has 1 aromatic heterocycles. The first kappa shape index (κ1) is 22.6. The summed E-state index contributed by atoms with van der Waals surface area (Å²) in [6.07, 6.45) is 1.51. The van der Waals surface area contributed by atoms with Crippen molar-refractivity contribution >= 4 is 0 Å². The Balaban J connectivity index is 1.52. The number of hydrogen-bond donors (Lipinski definition) is 1. The molecule has 0 unspecified atom stereocenters. The second-order valence-electron chi connectivity index (χ2n) is 7.95. The molecule has 0 bridgehead atoms. The maximum atomic E-state index is 10.3. The van der Waals surface area contributed by atoms with Crippen molar-refractivity contribution < 1.29 is 19.3 Å². The molecule has 2 aromatic rings. The zero-order chi connectivity index (χ0) is 21.5. The third kappa shape index (κ3) is 6.43. The fourth-order valence-electron chi connectivity index (χ4n) is 3.71. The monoisotopic (exact) mass is 418 g/mol. The van der Waals surface area contributed by atoms with Crippen LogP contribution in [0.3, 0.4) is 0 Å². The Morgan fingerprint density at radius 1 is 1.23 bits per heavy atom. The lowest BCUT2D eigenvalue weighted by molar-refractivity contribution is 0.00445. The number of morpholine rings is 1. The lowest BCUT2D eigenvalue weighted by Crippen LogP contribution is -2.42. The third-order valence-electron chi connectivity index (χ3n) is 5.24. The van der Waals surface area contributed by atoms with Crippen LogP contribution >= 0.6 is 0 Å². The van der Waals surface area contributed by atoms with Crippen LogP contribution in [0, 0.1) is 6.92 Å². The van der Waals surface area contributed by atoms with E-state index in [1.165, 1.54) is 5.56 Å². The number of ether oxygens (including phenoxy) is 3. The van der Waals surface area contributed by atoms with Crippen molar-refractivity contribution in [2.75, 3.05) is 53.6 Å². The Bertz CT molecular complexity index is 804. The number of aliphatic hydroxyl groups is 1. The van der Waals surface area contributed by atoms with Crippen LogP contribution < -0.4 is 9.47 Å². The molecule has 0 aliphatic carbocycles. The zero-order valence-electron chi connectivity index (χ0n) is 18.5. The molecule has 8 nitrogen and oxygen atoms in total. The standard InChI is InChI=1S/C22H34N4O4/c1-17-19(14-25(3)23-17)13-24(2)12-18-5-6-21(22(11-18)28-4)30-16-20(27)15-26-7-9-29-10-8-26/h5-6,11,14,20,27H,7-10,12-13,15-16H2,1-4H3/t20-/m0/s1. The summed E-state index contributed by atoms with van der Waals surface area (Å²) in [7, 11) is 5.67. The molecule has 166 valence electrons. The number of β-amino-alcohol motifs (C(OH)–C–C–N with tert-alkyl or cyclic N) is 1. The summed E-state index contributed by atoms with van der Waals surface area (Å²) >= 11 is 0. The van der Waals surface area contributed by atoms with Gasteiger partial charge in [0.2, 0.25) is 0 Å². The number of benzene rings is 1. The zero-order valence-corrected chi connectivity index (χ0v) is 18.5. The lowest BCUT2D eigenvalue weighted by atomic mass is 10.1. The minimum absolute atomic E-state index is 0.229. The topological polar surface area (TPSA) is 72.2 Å². The molecule has 0 radical (unpaired) electrons. The van der Waals surface area contributed by atoms with E-state index in [0.717, 1.165) is 50.7 Å². The predicted molar refractivity (Wildman–Crippen MR) is 115 cm³/mol. The molecule has 0 amide bonds. The predicted octanol–water partition coefficient (Wildman–Crippen LogP) is 1.44. The molecule has 0 spiro atoms. The van der Waals surface area contributed by atoms with Crippen LogP contribution in [0.2, 0.25) is 0 Å². The van der Waals surface area contributed by atoms with Gasteiger partial charge in [0, 0.05) is 51.5 Å². The fraction of sp³-hybridized carbons (Fsp3) is 0.591. The minimum Gasteiger partial charge on any atom is -0.493 e. The lowest BCUT2D eigenvalue weighted by Gasteiger charge is -2.28. The molecule has 30 heavy (non-hydrogen) atoms. The van der Waals surface area contributed by atoms with Gasteiger partial charge in [-0.25, -0.2) is 0 Å². The summed E-state index contributed by atoms with van der Waals surface area (Å²) < 4.78 is 18.6. The van der Waals surface area contributed by atoms with Gasteiger partial charge in [-0.1, -0.05) is 6.07 Å². The Hall–Kier alpha value is -2.13. The van der Waals surface area contributed by atoms with Crippen molar-refractivity contribution in [1.82, 2.24) is 19.6 Å². The summed E-state index contributed by atoms with van der Waals surface area (Å²) in [5, 5.41) is 14.7. The molecule has 1 saturated heterocycles. The van der Waals surface area contributed by atoms with Crippen molar-refractivity contribution in [3.8, 4) is 11.5 Å². The molecule has 8 heteroatoms. The van der Waals surface area contributed by atoms with E-state index in [1.807, 2.05) is 36.9 Å². The van der Waals surface area contributed by atoms with Gasteiger partial charge in [0.1, 0.15) is 12.7 Å². The van der Waals surface area contributed by atoms with Crippen LogP contribution in [-0.4, -0.2) is 84.4 Å². The van der Waals surface area contributed by atoms with E-state index in [-0.39, 0.29) is 6.61 Å². The van der Waals surface area contributed by atoms with Crippen molar-refractivity contribution in [2.45, 2.75) is 26.1 Å². The summed E-state index contributed by atoms with van der Waals surface area (Å²) in [5.74, 6) is 1.32. The third-order valence-corrected chi connectivity index (χ3v) is 5.24. The molecule has 1 aliphatic rings. The number of methoxy groups -OCH3 is 1. The number of hydrogen-bond acceptors (Lipinski definition) is 7. The van der Waals surface area contributed by atoms with Crippen LogP contribution in [-0.2, 0) is 24.9 Å². The number of aromatic nitrogens is 2.